The molecule has 0 fully saturated rings. The van der Waals surface area contributed by atoms with E-state index in [1.54, 1.807) is 12.1 Å². The van der Waals surface area contributed by atoms with Crippen molar-refractivity contribution in [3.8, 4) is 0 Å². The molecule has 3 nitrogen and oxygen atoms in total. The van der Waals surface area contributed by atoms with E-state index < -0.39 is 10.0 Å². The van der Waals surface area contributed by atoms with Crippen LogP contribution in [0.1, 0.15) is 5.56 Å². The van der Waals surface area contributed by atoms with E-state index in [-0.39, 0.29) is 18.9 Å². The zero-order chi connectivity index (χ0) is 9.03. The molecule has 0 bridgehead atoms. The van der Waals surface area contributed by atoms with Gasteiger partial charge in [0.15, 0.2) is 0 Å². The van der Waals surface area contributed by atoms with Crippen LogP contribution >= 0.6 is 0 Å². The summed E-state index contributed by atoms with van der Waals surface area (Å²) in [7, 11) is -3.50. The third-order valence-electron chi connectivity index (χ3n) is 1.25. The first-order valence-electron chi connectivity index (χ1n) is 3.34. The molecule has 0 atom stereocenters. The average Bonchev–Trinajstić information content (AvgIpc) is 2.02. The molecule has 66 valence electrons. The van der Waals surface area contributed by atoms with Crippen molar-refractivity contribution < 1.29 is 8.42 Å². The zero-order valence-corrected chi connectivity index (χ0v) is 7.16. The maximum absolute atomic E-state index is 10.5. The van der Waals surface area contributed by atoms with Crippen LogP contribution in [-0.4, -0.2) is 27.3 Å². The molecule has 1 aromatic rings. The van der Waals surface area contributed by atoms with E-state index in [0.717, 1.165) is 11.0 Å². The van der Waals surface area contributed by atoms with Crippen molar-refractivity contribution >= 4 is 35.0 Å². The van der Waals surface area contributed by atoms with E-state index in [4.69, 9.17) is 5.14 Å². The predicted molar refractivity (Wildman–Crippen MR) is 55.7 cm³/mol. The van der Waals surface area contributed by atoms with Crippen LogP contribution in [0.25, 0.3) is 6.08 Å². The molecule has 0 aliphatic carbocycles. The van der Waals surface area contributed by atoms with Gasteiger partial charge in [-0.25, -0.2) is 13.6 Å². The SMILES string of the molecule is NS(=O)(=O)C=Cc1ccccc1.[LiH]. The molecule has 1 rings (SSSR count). The summed E-state index contributed by atoms with van der Waals surface area (Å²) in [6.07, 6.45) is 1.45. The molecule has 2 N–H and O–H groups in total. The van der Waals surface area contributed by atoms with E-state index >= 15 is 0 Å². The fourth-order valence-corrected chi connectivity index (χ4v) is 1.08. The van der Waals surface area contributed by atoms with Crippen LogP contribution in [0.3, 0.4) is 0 Å². The van der Waals surface area contributed by atoms with Crippen molar-refractivity contribution in [1.82, 2.24) is 0 Å². The summed E-state index contributed by atoms with van der Waals surface area (Å²) in [5.41, 5.74) is 0.812. The summed E-state index contributed by atoms with van der Waals surface area (Å²) in [5, 5.41) is 5.74. The molecule has 0 aliphatic heterocycles. The van der Waals surface area contributed by atoms with Gasteiger partial charge < -0.3 is 0 Å². The molecule has 0 spiro atoms. The number of primary sulfonamides is 1. The fraction of sp³-hybridized carbons (Fsp3) is 0. The number of nitrogens with two attached hydrogens (primary N) is 1. The van der Waals surface area contributed by atoms with Crippen LogP contribution in [0.2, 0.25) is 0 Å². The number of benzene rings is 1. The van der Waals surface area contributed by atoms with Crippen LogP contribution in [0.15, 0.2) is 35.7 Å². The molecule has 0 aromatic heterocycles. The quantitative estimate of drug-likeness (QED) is 0.683. The number of hydrogen-bond acceptors (Lipinski definition) is 2. The van der Waals surface area contributed by atoms with Crippen molar-refractivity contribution in [1.29, 1.82) is 0 Å². The van der Waals surface area contributed by atoms with Crippen LogP contribution in [0, 0.1) is 0 Å². The molecule has 0 heterocycles. The first kappa shape index (κ1) is 12.5. The van der Waals surface area contributed by atoms with Gasteiger partial charge in [-0.2, -0.15) is 0 Å². The first-order valence-corrected chi connectivity index (χ1v) is 4.95. The van der Waals surface area contributed by atoms with E-state index in [2.05, 4.69) is 0 Å². The van der Waals surface area contributed by atoms with Crippen LogP contribution < -0.4 is 5.14 Å². The van der Waals surface area contributed by atoms with Crippen molar-refractivity contribution in [2.24, 2.45) is 5.14 Å². The van der Waals surface area contributed by atoms with Gasteiger partial charge in [0, 0.05) is 5.41 Å². The summed E-state index contributed by atoms with van der Waals surface area (Å²) in [5.74, 6) is 0. The van der Waals surface area contributed by atoms with Gasteiger partial charge in [-0.1, -0.05) is 30.3 Å². The summed E-state index contributed by atoms with van der Waals surface area (Å²) in [6.45, 7) is 0. The van der Waals surface area contributed by atoms with Crippen molar-refractivity contribution in [2.75, 3.05) is 0 Å². The van der Waals surface area contributed by atoms with E-state index in [9.17, 15) is 8.42 Å². The van der Waals surface area contributed by atoms with Gasteiger partial charge in [0.2, 0.25) is 10.0 Å². The third kappa shape index (κ3) is 5.67. The normalized spacial score (nSPS) is 11.2. The zero-order valence-electron chi connectivity index (χ0n) is 6.34. The van der Waals surface area contributed by atoms with Crippen molar-refractivity contribution in [3.63, 3.8) is 0 Å². The van der Waals surface area contributed by atoms with Crippen LogP contribution in [0.5, 0.6) is 0 Å². The first-order chi connectivity index (χ1) is 5.58. The van der Waals surface area contributed by atoms with Gasteiger partial charge in [0.25, 0.3) is 0 Å². The van der Waals surface area contributed by atoms with Gasteiger partial charge in [-0.15, -0.1) is 0 Å². The number of sulfonamides is 1. The topological polar surface area (TPSA) is 60.2 Å². The Kier molecular flexibility index (Phi) is 5.04. The van der Waals surface area contributed by atoms with Gasteiger partial charge in [0.1, 0.15) is 0 Å². The van der Waals surface area contributed by atoms with Gasteiger partial charge in [0.05, 0.1) is 0 Å². The second-order valence-electron chi connectivity index (χ2n) is 2.30. The van der Waals surface area contributed by atoms with E-state index in [1.165, 1.54) is 6.08 Å². The Bertz CT molecular complexity index is 372. The predicted octanol–water partition coefficient (Wildman–Crippen LogP) is 0.297. The Balaban J connectivity index is 0.00000144. The van der Waals surface area contributed by atoms with Crippen LogP contribution in [-0.2, 0) is 10.0 Å². The maximum atomic E-state index is 10.5. The Labute approximate surface area is 89.9 Å². The second kappa shape index (κ2) is 5.25. The molecule has 0 radical (unpaired) electrons. The molecule has 1 aromatic carbocycles. The Morgan fingerprint density at radius 3 is 2.15 bits per heavy atom. The minimum absolute atomic E-state index is 0. The molecular formula is C8H10LiNO2S. The van der Waals surface area contributed by atoms with Crippen molar-refractivity contribution in [3.05, 3.63) is 41.3 Å². The Hall–Kier alpha value is -0.533. The monoisotopic (exact) mass is 191 g/mol. The molecular weight excluding hydrogens is 181 g/mol. The Morgan fingerprint density at radius 1 is 1.15 bits per heavy atom. The molecule has 0 saturated carbocycles. The average molecular weight is 191 g/mol. The molecule has 0 aliphatic rings. The van der Waals surface area contributed by atoms with Gasteiger partial charge in [-0.05, 0) is 11.6 Å². The fourth-order valence-electron chi connectivity index (χ4n) is 0.738. The minimum atomic E-state index is -3.50. The van der Waals surface area contributed by atoms with Crippen LogP contribution in [0.4, 0.5) is 0 Å². The summed E-state index contributed by atoms with van der Waals surface area (Å²) >= 11 is 0. The summed E-state index contributed by atoms with van der Waals surface area (Å²) in [6, 6.07) is 9.09. The van der Waals surface area contributed by atoms with Gasteiger partial charge >= 0.3 is 18.9 Å². The van der Waals surface area contributed by atoms with E-state index in [1.807, 2.05) is 18.2 Å². The Morgan fingerprint density at radius 2 is 1.69 bits per heavy atom. The number of rotatable bonds is 2. The van der Waals surface area contributed by atoms with E-state index in [0.29, 0.717) is 0 Å². The molecule has 5 heteroatoms. The summed E-state index contributed by atoms with van der Waals surface area (Å²) < 4.78 is 21.0. The molecule has 0 saturated heterocycles. The second-order valence-corrected chi connectivity index (χ2v) is 3.75. The molecule has 13 heavy (non-hydrogen) atoms. The van der Waals surface area contributed by atoms with Crippen molar-refractivity contribution in [2.45, 2.75) is 0 Å². The molecule has 0 unspecified atom stereocenters. The standard InChI is InChI=1S/C8H9NO2S.Li.H/c9-12(10,11)7-6-8-4-2-1-3-5-8;;/h1-7H,(H2,9,10,11);;. The molecule has 0 amide bonds. The van der Waals surface area contributed by atoms with Gasteiger partial charge in [-0.3, -0.25) is 0 Å². The number of hydrogen-bond donors (Lipinski definition) is 1. The third-order valence-corrected chi connectivity index (χ3v) is 1.77. The summed E-state index contributed by atoms with van der Waals surface area (Å²) in [4.78, 5) is 0.